The molecule has 0 radical (unpaired) electrons. The fourth-order valence-electron chi connectivity index (χ4n) is 3.59. The molecule has 0 N–H and O–H groups in total. The highest BCUT2D eigenvalue weighted by Crippen LogP contribution is 2.20. The van der Waals surface area contributed by atoms with E-state index in [9.17, 15) is 4.79 Å². The van der Waals surface area contributed by atoms with Crippen LogP contribution >= 0.6 is 0 Å². The molecule has 3 rings (SSSR count). The molecular weight excluding hydrogens is 276 g/mol. The number of imidazole rings is 1. The van der Waals surface area contributed by atoms with E-state index in [1.807, 2.05) is 18.1 Å². The predicted molar refractivity (Wildman–Crippen MR) is 86.5 cm³/mol. The summed E-state index contributed by atoms with van der Waals surface area (Å²) in [4.78, 5) is 21.1. The zero-order valence-corrected chi connectivity index (χ0v) is 13.9. The van der Waals surface area contributed by atoms with E-state index in [0.717, 1.165) is 44.9 Å². The van der Waals surface area contributed by atoms with Crippen LogP contribution in [0.5, 0.6) is 0 Å². The van der Waals surface area contributed by atoms with Gasteiger partial charge in [-0.15, -0.1) is 0 Å². The normalized spacial score (nSPS) is 23.3. The summed E-state index contributed by atoms with van der Waals surface area (Å²) in [5.74, 6) is 2.80. The summed E-state index contributed by atoms with van der Waals surface area (Å²) < 4.78 is 2.23. The van der Waals surface area contributed by atoms with Crippen molar-refractivity contribution >= 4 is 5.91 Å². The quantitative estimate of drug-likeness (QED) is 0.849. The van der Waals surface area contributed by atoms with Crippen molar-refractivity contribution in [1.29, 1.82) is 0 Å². The Morgan fingerprint density at radius 1 is 1.32 bits per heavy atom. The van der Waals surface area contributed by atoms with Crippen LogP contribution < -0.4 is 0 Å². The largest absolute Gasteiger partial charge is 0.344 e. The molecule has 1 fully saturated rings. The molecule has 5 heteroatoms. The zero-order valence-electron chi connectivity index (χ0n) is 13.9. The van der Waals surface area contributed by atoms with E-state index in [1.54, 1.807) is 0 Å². The van der Waals surface area contributed by atoms with Gasteiger partial charge in [0.1, 0.15) is 5.82 Å². The maximum atomic E-state index is 12.4. The molecule has 0 spiro atoms. The monoisotopic (exact) mass is 304 g/mol. The number of fused-ring (bicyclic) bond motifs is 1. The third kappa shape index (κ3) is 3.69. The van der Waals surface area contributed by atoms with Crippen molar-refractivity contribution in [3.63, 3.8) is 0 Å². The Labute approximate surface area is 133 Å². The van der Waals surface area contributed by atoms with Crippen molar-refractivity contribution in [3.05, 3.63) is 18.2 Å². The number of aromatic nitrogens is 2. The minimum atomic E-state index is 0.267. The van der Waals surface area contributed by atoms with Crippen LogP contribution in [0.3, 0.4) is 0 Å². The highest BCUT2D eigenvalue weighted by molar-refractivity contribution is 5.78. The number of carbonyl (C=O) groups is 1. The zero-order chi connectivity index (χ0) is 15.5. The molecule has 0 bridgehead atoms. The Morgan fingerprint density at radius 3 is 2.86 bits per heavy atom. The van der Waals surface area contributed by atoms with Gasteiger partial charge < -0.3 is 9.47 Å². The van der Waals surface area contributed by atoms with Crippen LogP contribution in [0.4, 0.5) is 0 Å². The maximum Gasteiger partial charge on any atom is 0.236 e. The van der Waals surface area contributed by atoms with Crippen molar-refractivity contribution in [1.82, 2.24) is 19.4 Å². The van der Waals surface area contributed by atoms with E-state index in [0.29, 0.717) is 12.5 Å². The summed E-state index contributed by atoms with van der Waals surface area (Å²) in [5, 5.41) is 0. The molecule has 1 aromatic rings. The minimum Gasteiger partial charge on any atom is -0.344 e. The molecule has 2 aliphatic heterocycles. The number of hydrogen-bond donors (Lipinski definition) is 0. The third-order valence-corrected chi connectivity index (χ3v) is 5.24. The average molecular weight is 304 g/mol. The molecule has 0 saturated carbocycles. The molecule has 3 heterocycles. The van der Waals surface area contributed by atoms with Gasteiger partial charge in [-0.25, -0.2) is 4.98 Å². The lowest BCUT2D eigenvalue weighted by atomic mass is 9.97. The lowest BCUT2D eigenvalue weighted by Gasteiger charge is -2.32. The minimum absolute atomic E-state index is 0.267. The predicted octanol–water partition coefficient (Wildman–Crippen LogP) is 1.64. The molecule has 22 heavy (non-hydrogen) atoms. The molecule has 2 aliphatic rings. The molecule has 1 atom stereocenters. The highest BCUT2D eigenvalue weighted by atomic mass is 16.2. The summed E-state index contributed by atoms with van der Waals surface area (Å²) in [6.07, 6.45) is 8.51. The van der Waals surface area contributed by atoms with Crippen LogP contribution in [-0.2, 0) is 17.8 Å². The number of amides is 1. The Kier molecular flexibility index (Phi) is 4.81. The Balaban J connectivity index is 1.45. The van der Waals surface area contributed by atoms with Crippen molar-refractivity contribution in [2.45, 2.75) is 39.2 Å². The number of rotatable bonds is 4. The van der Waals surface area contributed by atoms with Gasteiger partial charge in [0.2, 0.25) is 5.91 Å². The topological polar surface area (TPSA) is 41.4 Å². The van der Waals surface area contributed by atoms with Crippen LogP contribution in [0.15, 0.2) is 12.4 Å². The highest BCUT2D eigenvalue weighted by Gasteiger charge is 2.24. The van der Waals surface area contributed by atoms with E-state index < -0.39 is 0 Å². The van der Waals surface area contributed by atoms with Gasteiger partial charge in [0.05, 0.1) is 6.54 Å². The first-order valence-corrected chi connectivity index (χ1v) is 8.58. The first-order chi connectivity index (χ1) is 10.6. The lowest BCUT2D eigenvalue weighted by molar-refractivity contribution is -0.132. The van der Waals surface area contributed by atoms with E-state index in [-0.39, 0.29) is 5.91 Å². The van der Waals surface area contributed by atoms with Crippen molar-refractivity contribution in [3.8, 4) is 0 Å². The molecule has 1 amide bonds. The average Bonchev–Trinajstić information content (AvgIpc) is 2.97. The van der Waals surface area contributed by atoms with Gasteiger partial charge in [-0.3, -0.25) is 9.69 Å². The number of aryl methyl sites for hydroxylation is 1. The van der Waals surface area contributed by atoms with E-state index in [1.165, 1.54) is 18.7 Å². The summed E-state index contributed by atoms with van der Waals surface area (Å²) in [7, 11) is 1.95. The summed E-state index contributed by atoms with van der Waals surface area (Å²) in [6, 6.07) is 0. The van der Waals surface area contributed by atoms with E-state index in [2.05, 4.69) is 27.6 Å². The number of likely N-dealkylation sites (N-methyl/N-ethyl adjacent to an activating group) is 1. The maximum absolute atomic E-state index is 12.4. The van der Waals surface area contributed by atoms with Gasteiger partial charge in [0.15, 0.2) is 0 Å². The molecule has 0 unspecified atom stereocenters. The fourth-order valence-corrected chi connectivity index (χ4v) is 3.59. The second-order valence-corrected chi connectivity index (χ2v) is 7.13. The smallest absolute Gasteiger partial charge is 0.236 e. The molecular formula is C17H28N4O. The molecule has 5 nitrogen and oxygen atoms in total. The van der Waals surface area contributed by atoms with Crippen LogP contribution in [0, 0.1) is 11.8 Å². The molecule has 1 saturated heterocycles. The summed E-state index contributed by atoms with van der Waals surface area (Å²) in [6.45, 7) is 6.92. The van der Waals surface area contributed by atoms with Gasteiger partial charge >= 0.3 is 0 Å². The second-order valence-electron chi connectivity index (χ2n) is 7.13. The number of piperidine rings is 1. The van der Waals surface area contributed by atoms with Gasteiger partial charge in [0, 0.05) is 39.0 Å². The standard InChI is InChI=1S/C17H28N4O/c1-14-3-7-20(8-4-14)13-17(22)19(2)12-15-5-9-21-10-6-18-16(21)11-15/h6,10,14-15H,3-5,7-9,11-13H2,1-2H3/t15-/m1/s1. The molecule has 122 valence electrons. The van der Waals surface area contributed by atoms with Crippen molar-refractivity contribution < 1.29 is 4.79 Å². The third-order valence-electron chi connectivity index (χ3n) is 5.24. The number of hydrogen-bond acceptors (Lipinski definition) is 3. The number of nitrogens with zero attached hydrogens (tertiary/aromatic N) is 4. The van der Waals surface area contributed by atoms with Gasteiger partial charge in [-0.1, -0.05) is 6.92 Å². The van der Waals surface area contributed by atoms with Crippen LogP contribution in [0.25, 0.3) is 0 Å². The SMILES string of the molecule is CC1CCN(CC(=O)N(C)C[C@@H]2CCn3ccnc3C2)CC1. The van der Waals surface area contributed by atoms with E-state index in [4.69, 9.17) is 0 Å². The Morgan fingerprint density at radius 2 is 2.09 bits per heavy atom. The Hall–Kier alpha value is -1.36. The second kappa shape index (κ2) is 6.82. The van der Waals surface area contributed by atoms with Crippen LogP contribution in [0.1, 0.15) is 32.0 Å². The summed E-state index contributed by atoms with van der Waals surface area (Å²) >= 11 is 0. The molecule has 0 aromatic carbocycles. The first-order valence-electron chi connectivity index (χ1n) is 8.58. The first kappa shape index (κ1) is 15.5. The molecule has 1 aromatic heterocycles. The number of carbonyl (C=O) groups excluding carboxylic acids is 1. The van der Waals surface area contributed by atoms with Gasteiger partial charge in [0.25, 0.3) is 0 Å². The van der Waals surface area contributed by atoms with E-state index >= 15 is 0 Å². The van der Waals surface area contributed by atoms with Crippen LogP contribution in [-0.4, -0.2) is 58.5 Å². The van der Waals surface area contributed by atoms with Crippen LogP contribution in [0.2, 0.25) is 0 Å². The van der Waals surface area contributed by atoms with Crippen molar-refractivity contribution in [2.75, 3.05) is 33.2 Å². The van der Waals surface area contributed by atoms with Gasteiger partial charge in [-0.2, -0.15) is 0 Å². The number of likely N-dealkylation sites (tertiary alicyclic amines) is 1. The molecule has 0 aliphatic carbocycles. The lowest BCUT2D eigenvalue weighted by Crippen LogP contribution is -2.43. The fraction of sp³-hybridized carbons (Fsp3) is 0.765. The summed E-state index contributed by atoms with van der Waals surface area (Å²) in [5.41, 5.74) is 0. The Bertz CT molecular complexity index is 505. The van der Waals surface area contributed by atoms with Crippen molar-refractivity contribution in [2.24, 2.45) is 11.8 Å². The van der Waals surface area contributed by atoms with Gasteiger partial charge in [-0.05, 0) is 44.2 Å².